The molecule has 140 valence electrons. The number of carbonyl (C=O) groups excluding carboxylic acids is 2. The van der Waals surface area contributed by atoms with Gasteiger partial charge >= 0.3 is 0 Å². The largest absolute Gasteiger partial charge is 0.341 e. The van der Waals surface area contributed by atoms with E-state index in [4.69, 9.17) is 0 Å². The van der Waals surface area contributed by atoms with Crippen LogP contribution in [0.2, 0.25) is 0 Å². The average molecular weight is 375 g/mol. The van der Waals surface area contributed by atoms with Crippen LogP contribution in [0, 0.1) is 34.0 Å². The van der Waals surface area contributed by atoms with Gasteiger partial charge < -0.3 is 9.80 Å². The molecule has 1 aliphatic carbocycles. The van der Waals surface area contributed by atoms with Crippen LogP contribution in [-0.2, 0) is 4.79 Å². The number of likely N-dealkylation sites (tertiary alicyclic amines) is 2. The summed E-state index contributed by atoms with van der Waals surface area (Å²) in [5, 5.41) is 9.53. The van der Waals surface area contributed by atoms with E-state index in [1.165, 1.54) is 11.3 Å². The van der Waals surface area contributed by atoms with Crippen molar-refractivity contribution in [1.29, 1.82) is 5.26 Å². The molecular weight excluding hydrogens is 348 g/mol. The van der Waals surface area contributed by atoms with Crippen LogP contribution < -0.4 is 0 Å². The molecule has 0 N–H and O–H groups in total. The van der Waals surface area contributed by atoms with Crippen molar-refractivity contribution in [3.05, 3.63) is 16.6 Å². The highest BCUT2D eigenvalue weighted by Crippen LogP contribution is 2.54. The maximum Gasteiger partial charge on any atom is 0.265 e. The number of nitriles is 1. The number of hydrogen-bond acceptors (Lipinski definition) is 5. The van der Waals surface area contributed by atoms with Crippen LogP contribution in [-0.4, -0.2) is 52.8 Å². The Morgan fingerprint density at radius 2 is 1.88 bits per heavy atom. The Kier molecular flexibility index (Phi) is 4.82. The maximum absolute atomic E-state index is 12.5. The van der Waals surface area contributed by atoms with Gasteiger partial charge in [0.1, 0.15) is 4.88 Å². The summed E-state index contributed by atoms with van der Waals surface area (Å²) in [4.78, 5) is 33.2. The molecule has 3 heterocycles. The first kappa shape index (κ1) is 18.8. The van der Waals surface area contributed by atoms with Crippen LogP contribution >= 0.6 is 11.3 Å². The summed E-state index contributed by atoms with van der Waals surface area (Å²) in [6.45, 7) is 10.4. The maximum atomic E-state index is 12.5. The van der Waals surface area contributed by atoms with Crippen LogP contribution in [0.1, 0.15) is 43.8 Å². The molecule has 3 aliphatic rings. The summed E-state index contributed by atoms with van der Waals surface area (Å²) in [5.74, 6) is 0.0922. The molecule has 2 aliphatic heterocycles. The molecule has 26 heavy (non-hydrogen) atoms. The van der Waals surface area contributed by atoms with E-state index in [2.05, 4.69) is 24.9 Å². The van der Waals surface area contributed by atoms with E-state index in [1.807, 2.05) is 18.7 Å². The van der Waals surface area contributed by atoms with Crippen molar-refractivity contribution in [3.8, 4) is 6.07 Å². The minimum absolute atomic E-state index is 0.0530. The van der Waals surface area contributed by atoms with E-state index in [-0.39, 0.29) is 34.5 Å². The van der Waals surface area contributed by atoms with E-state index in [1.54, 1.807) is 16.6 Å². The van der Waals surface area contributed by atoms with Gasteiger partial charge in [0.2, 0.25) is 5.91 Å². The van der Waals surface area contributed by atoms with Gasteiger partial charge in [-0.15, -0.1) is 11.3 Å². The number of thiazole rings is 1. The SMILES string of the molecule is CC.CC1(C)C[C@@H]1C(=O)N1CC2(CN(C(=O)c3cncs3)CC2C#N)C1. The van der Waals surface area contributed by atoms with Gasteiger partial charge in [-0.2, -0.15) is 5.26 Å². The molecule has 0 aromatic carbocycles. The van der Waals surface area contributed by atoms with E-state index in [9.17, 15) is 14.9 Å². The second kappa shape index (κ2) is 6.66. The second-order valence-electron chi connectivity index (χ2n) is 8.04. The average Bonchev–Trinajstić information content (AvgIpc) is 3.04. The molecular formula is C19H26N4O2S. The van der Waals surface area contributed by atoms with Crippen molar-refractivity contribution in [2.75, 3.05) is 26.2 Å². The molecule has 1 saturated carbocycles. The summed E-state index contributed by atoms with van der Waals surface area (Å²) < 4.78 is 0. The van der Waals surface area contributed by atoms with E-state index in [0.717, 1.165) is 6.42 Å². The van der Waals surface area contributed by atoms with Gasteiger partial charge in [-0.25, -0.2) is 0 Å². The van der Waals surface area contributed by atoms with Crippen LogP contribution in [0.25, 0.3) is 0 Å². The minimum atomic E-state index is -0.246. The van der Waals surface area contributed by atoms with Gasteiger partial charge in [0, 0.05) is 37.5 Å². The monoisotopic (exact) mass is 374 g/mol. The van der Waals surface area contributed by atoms with Crippen LogP contribution in [0.5, 0.6) is 0 Å². The summed E-state index contributed by atoms with van der Waals surface area (Å²) in [7, 11) is 0. The molecule has 2 amide bonds. The Bertz CT molecular complexity index is 731. The smallest absolute Gasteiger partial charge is 0.265 e. The fourth-order valence-corrected chi connectivity index (χ4v) is 4.66. The summed E-state index contributed by atoms with van der Waals surface area (Å²) >= 11 is 1.32. The zero-order valence-electron chi connectivity index (χ0n) is 15.9. The lowest BCUT2D eigenvalue weighted by atomic mass is 9.72. The molecule has 1 aromatic heterocycles. The summed E-state index contributed by atoms with van der Waals surface area (Å²) in [5.41, 5.74) is 1.52. The highest BCUT2D eigenvalue weighted by Gasteiger charge is 2.60. The Balaban J connectivity index is 0.000000948. The highest BCUT2D eigenvalue weighted by molar-refractivity contribution is 7.11. The normalized spacial score (nSPS) is 27.2. The van der Waals surface area contributed by atoms with Crippen molar-refractivity contribution in [2.45, 2.75) is 34.1 Å². The number of hydrogen-bond donors (Lipinski definition) is 0. The quantitative estimate of drug-likeness (QED) is 0.797. The molecule has 1 spiro atoms. The topological polar surface area (TPSA) is 77.3 Å². The van der Waals surface area contributed by atoms with Gasteiger partial charge in [-0.1, -0.05) is 27.7 Å². The predicted molar refractivity (Wildman–Crippen MR) is 99.4 cm³/mol. The second-order valence-corrected chi connectivity index (χ2v) is 8.92. The third-order valence-corrected chi connectivity index (χ3v) is 6.63. The molecule has 1 unspecified atom stereocenters. The van der Waals surface area contributed by atoms with E-state index in [0.29, 0.717) is 31.1 Å². The zero-order valence-corrected chi connectivity index (χ0v) is 16.7. The van der Waals surface area contributed by atoms with E-state index < -0.39 is 0 Å². The minimum Gasteiger partial charge on any atom is -0.341 e. The van der Waals surface area contributed by atoms with Gasteiger partial charge in [-0.05, 0) is 11.8 Å². The zero-order chi connectivity index (χ0) is 19.1. The fraction of sp³-hybridized carbons (Fsp3) is 0.684. The van der Waals surface area contributed by atoms with E-state index >= 15 is 0 Å². The molecule has 1 aromatic rings. The molecule has 4 rings (SSSR count). The van der Waals surface area contributed by atoms with Gasteiger partial charge in [-0.3, -0.25) is 14.6 Å². The van der Waals surface area contributed by atoms with Crippen molar-refractivity contribution in [2.24, 2.45) is 22.7 Å². The molecule has 6 nitrogen and oxygen atoms in total. The lowest BCUT2D eigenvalue weighted by Crippen LogP contribution is -2.62. The molecule has 2 atom stereocenters. The third-order valence-electron chi connectivity index (χ3n) is 5.87. The van der Waals surface area contributed by atoms with Crippen LogP contribution in [0.15, 0.2) is 11.7 Å². The number of aromatic nitrogens is 1. The van der Waals surface area contributed by atoms with Crippen molar-refractivity contribution in [1.82, 2.24) is 14.8 Å². The number of rotatable bonds is 2. The first-order valence-electron chi connectivity index (χ1n) is 9.22. The standard InChI is InChI=1S/C17H20N4O2S.C2H6/c1-16(2)3-12(16)14(22)21-8-17(9-21)7-20(6-11(17)4-18)15(23)13-5-19-10-24-13;1-2/h5,10-12H,3,6-9H2,1-2H3;1-2H3/t11?,12-;/m1./s1. The Labute approximate surface area is 158 Å². The van der Waals surface area contributed by atoms with Gasteiger partial charge in [0.15, 0.2) is 0 Å². The predicted octanol–water partition coefficient (Wildman–Crippen LogP) is 2.64. The molecule has 7 heteroatoms. The van der Waals surface area contributed by atoms with Crippen molar-refractivity contribution < 1.29 is 9.59 Å². The molecule has 0 bridgehead atoms. The summed E-state index contributed by atoms with van der Waals surface area (Å²) in [6, 6.07) is 2.36. The molecule has 0 radical (unpaired) electrons. The fourth-order valence-electron chi connectivity index (χ4n) is 4.08. The van der Waals surface area contributed by atoms with Crippen molar-refractivity contribution >= 4 is 23.2 Å². The lowest BCUT2D eigenvalue weighted by Gasteiger charge is -2.49. The molecule has 2 saturated heterocycles. The molecule has 3 fully saturated rings. The summed E-state index contributed by atoms with van der Waals surface area (Å²) in [6.07, 6.45) is 2.53. The Hall–Kier alpha value is -1.94. The Morgan fingerprint density at radius 1 is 1.27 bits per heavy atom. The van der Waals surface area contributed by atoms with Crippen molar-refractivity contribution in [3.63, 3.8) is 0 Å². The van der Waals surface area contributed by atoms with Gasteiger partial charge in [0.05, 0.1) is 23.7 Å². The van der Waals surface area contributed by atoms with Crippen LogP contribution in [0.4, 0.5) is 0 Å². The van der Waals surface area contributed by atoms with Gasteiger partial charge in [0.25, 0.3) is 5.91 Å². The van der Waals surface area contributed by atoms with Crippen LogP contribution in [0.3, 0.4) is 0 Å². The lowest BCUT2D eigenvalue weighted by molar-refractivity contribution is -0.146. The Morgan fingerprint density at radius 3 is 2.38 bits per heavy atom. The number of nitrogens with zero attached hydrogens (tertiary/aromatic N) is 4. The number of carbonyl (C=O) groups is 2. The first-order chi connectivity index (χ1) is 12.4. The highest BCUT2D eigenvalue weighted by atomic mass is 32.1. The number of amides is 2. The third kappa shape index (κ3) is 3.01. The first-order valence-corrected chi connectivity index (χ1v) is 10.1.